The van der Waals surface area contributed by atoms with Crippen LogP contribution in [0.2, 0.25) is 0 Å². The molecule has 20 heavy (non-hydrogen) atoms. The third-order valence-corrected chi connectivity index (χ3v) is 3.23. The second-order valence-electron chi connectivity index (χ2n) is 4.42. The molecule has 0 aliphatic carbocycles. The molecule has 1 aromatic carbocycles. The van der Waals surface area contributed by atoms with Crippen LogP contribution < -0.4 is 4.90 Å². The van der Waals surface area contributed by atoms with E-state index in [9.17, 15) is 10.1 Å². The van der Waals surface area contributed by atoms with Crippen molar-refractivity contribution < 1.29 is 10.0 Å². The van der Waals surface area contributed by atoms with E-state index in [1.807, 2.05) is 19.1 Å². The second kappa shape index (κ2) is 6.29. The number of hydrogen-bond donors (Lipinski definition) is 1. The zero-order valence-electron chi connectivity index (χ0n) is 11.3. The molecule has 0 unspecified atom stereocenters. The number of aliphatic hydroxyl groups is 1. The summed E-state index contributed by atoms with van der Waals surface area (Å²) >= 11 is 0. The zero-order valence-corrected chi connectivity index (χ0v) is 11.3. The van der Waals surface area contributed by atoms with Gasteiger partial charge in [-0.3, -0.25) is 10.1 Å². The summed E-state index contributed by atoms with van der Waals surface area (Å²) in [4.78, 5) is 16.9. The molecule has 0 saturated carbocycles. The highest BCUT2D eigenvalue weighted by Gasteiger charge is 2.16. The lowest BCUT2D eigenvalue weighted by Gasteiger charge is -2.24. The van der Waals surface area contributed by atoms with E-state index in [1.165, 1.54) is 6.07 Å². The van der Waals surface area contributed by atoms with Crippen LogP contribution in [-0.4, -0.2) is 34.7 Å². The minimum atomic E-state index is -0.414. The molecule has 2 aromatic rings. The average molecular weight is 275 g/mol. The van der Waals surface area contributed by atoms with Crippen LogP contribution >= 0.6 is 0 Å². The second-order valence-corrected chi connectivity index (χ2v) is 4.42. The van der Waals surface area contributed by atoms with Crippen LogP contribution in [0.25, 0.3) is 10.9 Å². The number of non-ortho nitro benzene ring substituents is 1. The molecule has 6 heteroatoms. The van der Waals surface area contributed by atoms with Crippen molar-refractivity contribution in [3.63, 3.8) is 0 Å². The van der Waals surface area contributed by atoms with Gasteiger partial charge in [-0.25, -0.2) is 4.98 Å². The van der Waals surface area contributed by atoms with Gasteiger partial charge in [0.2, 0.25) is 0 Å². The van der Waals surface area contributed by atoms with E-state index in [0.29, 0.717) is 18.5 Å². The molecule has 0 atom stereocenters. The molecule has 1 aromatic heterocycles. The topological polar surface area (TPSA) is 79.5 Å². The van der Waals surface area contributed by atoms with Gasteiger partial charge in [0.15, 0.2) is 0 Å². The van der Waals surface area contributed by atoms with Crippen molar-refractivity contribution in [3.8, 4) is 0 Å². The molecule has 1 heterocycles. The van der Waals surface area contributed by atoms with E-state index in [4.69, 9.17) is 5.11 Å². The molecule has 0 fully saturated rings. The Hall–Kier alpha value is -2.21. The number of benzene rings is 1. The molecule has 0 spiro atoms. The first-order valence-electron chi connectivity index (χ1n) is 6.57. The standard InChI is InChI=1S/C14H17N3O3/c1-2-16(9-4-10-18)12-7-8-15-14-11(12)5-3-6-13(14)17(19)20/h3,5-8,18H,2,4,9-10H2,1H3. The number of hydrogen-bond acceptors (Lipinski definition) is 5. The van der Waals surface area contributed by atoms with Crippen LogP contribution in [0.3, 0.4) is 0 Å². The Morgan fingerprint density at radius 3 is 2.85 bits per heavy atom. The third kappa shape index (κ3) is 2.70. The molecular formula is C14H17N3O3. The van der Waals surface area contributed by atoms with Crippen molar-refractivity contribution in [1.82, 2.24) is 4.98 Å². The summed E-state index contributed by atoms with van der Waals surface area (Å²) in [7, 11) is 0. The number of rotatable bonds is 6. The van der Waals surface area contributed by atoms with Crippen molar-refractivity contribution in [2.24, 2.45) is 0 Å². The fourth-order valence-electron chi connectivity index (χ4n) is 2.28. The number of aromatic nitrogens is 1. The molecular weight excluding hydrogens is 258 g/mol. The Kier molecular flexibility index (Phi) is 4.47. The van der Waals surface area contributed by atoms with Gasteiger partial charge >= 0.3 is 0 Å². The number of aliphatic hydroxyl groups excluding tert-OH is 1. The van der Waals surface area contributed by atoms with E-state index in [0.717, 1.165) is 17.6 Å². The van der Waals surface area contributed by atoms with Crippen LogP contribution in [0.4, 0.5) is 11.4 Å². The molecule has 0 bridgehead atoms. The maximum atomic E-state index is 11.1. The summed E-state index contributed by atoms with van der Waals surface area (Å²) in [5.41, 5.74) is 1.33. The number of pyridine rings is 1. The van der Waals surface area contributed by atoms with Gasteiger partial charge in [-0.1, -0.05) is 12.1 Å². The molecule has 0 saturated heterocycles. The van der Waals surface area contributed by atoms with Crippen LogP contribution in [0.15, 0.2) is 30.5 Å². The highest BCUT2D eigenvalue weighted by Crippen LogP contribution is 2.30. The van der Waals surface area contributed by atoms with Gasteiger partial charge < -0.3 is 10.0 Å². The predicted octanol–water partition coefficient (Wildman–Crippen LogP) is 2.35. The first kappa shape index (κ1) is 14.2. The van der Waals surface area contributed by atoms with Crippen LogP contribution in [0, 0.1) is 10.1 Å². The third-order valence-electron chi connectivity index (χ3n) is 3.23. The Balaban J connectivity index is 2.54. The lowest BCUT2D eigenvalue weighted by atomic mass is 10.1. The number of nitro groups is 1. The predicted molar refractivity (Wildman–Crippen MR) is 78.0 cm³/mol. The minimum Gasteiger partial charge on any atom is -0.396 e. The molecule has 0 radical (unpaired) electrons. The summed E-state index contributed by atoms with van der Waals surface area (Å²) < 4.78 is 0. The SMILES string of the molecule is CCN(CCCO)c1ccnc2c([N+](=O)[O-])cccc12. The molecule has 0 aliphatic heterocycles. The van der Waals surface area contributed by atoms with Crippen LogP contribution in [-0.2, 0) is 0 Å². The molecule has 0 amide bonds. The van der Waals surface area contributed by atoms with E-state index >= 15 is 0 Å². The molecule has 0 aliphatic rings. The lowest BCUT2D eigenvalue weighted by molar-refractivity contribution is -0.383. The van der Waals surface area contributed by atoms with E-state index in [-0.39, 0.29) is 12.3 Å². The lowest BCUT2D eigenvalue weighted by Crippen LogP contribution is -2.24. The Labute approximate surface area is 116 Å². The van der Waals surface area contributed by atoms with Gasteiger partial charge in [0.25, 0.3) is 5.69 Å². The smallest absolute Gasteiger partial charge is 0.295 e. The number of nitro benzene ring substituents is 1. The Morgan fingerprint density at radius 2 is 2.20 bits per heavy atom. The minimum absolute atomic E-state index is 0.0163. The van der Waals surface area contributed by atoms with Crippen molar-refractivity contribution in [3.05, 3.63) is 40.6 Å². The van der Waals surface area contributed by atoms with Gasteiger partial charge in [-0.2, -0.15) is 0 Å². The average Bonchev–Trinajstić information content (AvgIpc) is 2.47. The molecule has 1 N–H and O–H groups in total. The Bertz CT molecular complexity index is 616. The normalized spacial score (nSPS) is 10.7. The Morgan fingerprint density at radius 1 is 1.40 bits per heavy atom. The fourth-order valence-corrected chi connectivity index (χ4v) is 2.28. The largest absolute Gasteiger partial charge is 0.396 e. The zero-order chi connectivity index (χ0) is 14.5. The summed E-state index contributed by atoms with van der Waals surface area (Å²) in [5, 5.41) is 20.8. The summed E-state index contributed by atoms with van der Waals surface area (Å²) in [6.45, 7) is 3.61. The van der Waals surface area contributed by atoms with Crippen molar-refractivity contribution in [2.75, 3.05) is 24.6 Å². The van der Waals surface area contributed by atoms with Crippen molar-refractivity contribution in [2.45, 2.75) is 13.3 Å². The highest BCUT2D eigenvalue weighted by molar-refractivity contribution is 5.96. The van der Waals surface area contributed by atoms with Crippen LogP contribution in [0.1, 0.15) is 13.3 Å². The number of anilines is 1. The molecule has 6 nitrogen and oxygen atoms in total. The first-order valence-corrected chi connectivity index (χ1v) is 6.57. The van der Waals surface area contributed by atoms with E-state index < -0.39 is 4.92 Å². The van der Waals surface area contributed by atoms with Crippen LogP contribution in [0.5, 0.6) is 0 Å². The number of para-hydroxylation sites is 1. The van der Waals surface area contributed by atoms with E-state index in [2.05, 4.69) is 9.88 Å². The summed E-state index contributed by atoms with van der Waals surface area (Å²) in [6.07, 6.45) is 2.25. The fraction of sp³-hybridized carbons (Fsp3) is 0.357. The van der Waals surface area contributed by atoms with Gasteiger partial charge in [0.05, 0.1) is 4.92 Å². The van der Waals surface area contributed by atoms with Crippen molar-refractivity contribution >= 4 is 22.3 Å². The summed E-state index contributed by atoms with van der Waals surface area (Å²) in [5.74, 6) is 0. The maximum absolute atomic E-state index is 11.1. The summed E-state index contributed by atoms with van der Waals surface area (Å²) in [6, 6.07) is 6.83. The molecule has 106 valence electrons. The quantitative estimate of drug-likeness (QED) is 0.646. The van der Waals surface area contributed by atoms with E-state index in [1.54, 1.807) is 12.3 Å². The number of fused-ring (bicyclic) bond motifs is 1. The number of nitrogens with zero attached hydrogens (tertiary/aromatic N) is 3. The highest BCUT2D eigenvalue weighted by atomic mass is 16.6. The first-order chi connectivity index (χ1) is 9.69. The van der Waals surface area contributed by atoms with Gasteiger partial charge in [-0.15, -0.1) is 0 Å². The monoisotopic (exact) mass is 275 g/mol. The van der Waals surface area contributed by atoms with Gasteiger partial charge in [-0.05, 0) is 19.4 Å². The van der Waals surface area contributed by atoms with Crippen molar-refractivity contribution in [1.29, 1.82) is 0 Å². The molecule has 2 rings (SSSR count). The van der Waals surface area contributed by atoms with Gasteiger partial charge in [0, 0.05) is 43.0 Å². The maximum Gasteiger partial charge on any atom is 0.295 e. The van der Waals surface area contributed by atoms with Gasteiger partial charge in [0.1, 0.15) is 5.52 Å².